The molecule has 20 heavy (non-hydrogen) atoms. The summed E-state index contributed by atoms with van der Waals surface area (Å²) in [6.07, 6.45) is 6.12. The fraction of sp³-hybridized carbons (Fsp3) is 0.625. The predicted octanol–water partition coefficient (Wildman–Crippen LogP) is 3.44. The Hall–Kier alpha value is -1.16. The third-order valence-corrected chi connectivity index (χ3v) is 4.92. The average molecular weight is 280 g/mol. The number of piperidine rings is 1. The van der Waals surface area contributed by atoms with Crippen LogP contribution in [0.4, 0.5) is 14.5 Å². The van der Waals surface area contributed by atoms with Crippen LogP contribution in [0.3, 0.4) is 0 Å². The summed E-state index contributed by atoms with van der Waals surface area (Å²) < 4.78 is 28.3. The van der Waals surface area contributed by atoms with Crippen molar-refractivity contribution in [2.45, 2.75) is 38.6 Å². The van der Waals surface area contributed by atoms with Gasteiger partial charge < -0.3 is 10.6 Å². The lowest BCUT2D eigenvalue weighted by molar-refractivity contribution is 0.201. The Labute approximate surface area is 118 Å². The number of hydrogen-bond acceptors (Lipinski definition) is 2. The first-order chi connectivity index (χ1) is 9.69. The van der Waals surface area contributed by atoms with Crippen molar-refractivity contribution in [2.24, 2.45) is 17.6 Å². The van der Waals surface area contributed by atoms with Crippen LogP contribution in [-0.2, 0) is 6.54 Å². The quantitative estimate of drug-likeness (QED) is 0.899. The highest BCUT2D eigenvalue weighted by molar-refractivity contribution is 5.51. The van der Waals surface area contributed by atoms with E-state index in [0.29, 0.717) is 11.5 Å². The van der Waals surface area contributed by atoms with E-state index in [-0.39, 0.29) is 12.2 Å². The number of nitrogens with zero attached hydrogens (tertiary/aromatic N) is 1. The highest BCUT2D eigenvalue weighted by Gasteiger charge is 2.32. The molecule has 0 radical (unpaired) electrons. The van der Waals surface area contributed by atoms with Crippen LogP contribution in [0.25, 0.3) is 0 Å². The molecule has 3 rings (SSSR count). The Morgan fingerprint density at radius 2 is 1.70 bits per heavy atom. The standard InChI is InChI=1S/C16H22F2N2/c17-14-7-11(9-19)8-15(18)16(14)20-6-5-12-3-1-2-4-13(12)10-20/h7-8,12-13H,1-6,9-10,19H2. The summed E-state index contributed by atoms with van der Waals surface area (Å²) in [5.41, 5.74) is 6.11. The number of anilines is 1. The Kier molecular flexibility index (Phi) is 3.92. The van der Waals surface area contributed by atoms with E-state index in [1.807, 2.05) is 4.90 Å². The highest BCUT2D eigenvalue weighted by Crippen LogP contribution is 2.38. The second-order valence-corrected chi connectivity index (χ2v) is 6.15. The molecule has 1 aromatic rings. The molecule has 1 aliphatic heterocycles. The van der Waals surface area contributed by atoms with Gasteiger partial charge in [-0.1, -0.05) is 19.3 Å². The molecule has 4 heteroatoms. The third kappa shape index (κ3) is 2.53. The van der Waals surface area contributed by atoms with Gasteiger partial charge in [0.15, 0.2) is 0 Å². The molecule has 1 heterocycles. The van der Waals surface area contributed by atoms with Gasteiger partial charge in [0, 0.05) is 19.6 Å². The van der Waals surface area contributed by atoms with Gasteiger partial charge >= 0.3 is 0 Å². The van der Waals surface area contributed by atoms with E-state index in [1.165, 1.54) is 37.8 Å². The molecule has 1 aliphatic carbocycles. The van der Waals surface area contributed by atoms with Crippen LogP contribution in [0.1, 0.15) is 37.7 Å². The number of fused-ring (bicyclic) bond motifs is 1. The Morgan fingerprint density at radius 3 is 2.35 bits per heavy atom. The summed E-state index contributed by atoms with van der Waals surface area (Å²) in [6.45, 7) is 1.72. The van der Waals surface area contributed by atoms with Crippen LogP contribution in [0.5, 0.6) is 0 Å². The topological polar surface area (TPSA) is 29.3 Å². The van der Waals surface area contributed by atoms with E-state index in [9.17, 15) is 8.78 Å². The van der Waals surface area contributed by atoms with Crippen molar-refractivity contribution in [2.75, 3.05) is 18.0 Å². The summed E-state index contributed by atoms with van der Waals surface area (Å²) in [4.78, 5) is 1.90. The minimum Gasteiger partial charge on any atom is -0.366 e. The lowest BCUT2D eigenvalue weighted by Gasteiger charge is -2.42. The summed E-state index contributed by atoms with van der Waals surface area (Å²) >= 11 is 0. The van der Waals surface area contributed by atoms with E-state index < -0.39 is 11.6 Å². The first kappa shape index (κ1) is 13.8. The first-order valence-electron chi connectivity index (χ1n) is 7.62. The van der Waals surface area contributed by atoms with Gasteiger partial charge in [-0.3, -0.25) is 0 Å². The van der Waals surface area contributed by atoms with Crippen molar-refractivity contribution < 1.29 is 8.78 Å². The van der Waals surface area contributed by atoms with Crippen molar-refractivity contribution >= 4 is 5.69 Å². The fourth-order valence-corrected chi connectivity index (χ4v) is 3.84. The average Bonchev–Trinajstić information content (AvgIpc) is 2.46. The van der Waals surface area contributed by atoms with Gasteiger partial charge in [-0.15, -0.1) is 0 Å². The summed E-state index contributed by atoms with van der Waals surface area (Å²) in [6, 6.07) is 2.73. The SMILES string of the molecule is NCc1cc(F)c(N2CCC3CCCCC3C2)c(F)c1. The van der Waals surface area contributed by atoms with E-state index in [4.69, 9.17) is 5.73 Å². The number of rotatable bonds is 2. The van der Waals surface area contributed by atoms with Crippen molar-refractivity contribution in [3.63, 3.8) is 0 Å². The molecule has 2 N–H and O–H groups in total. The van der Waals surface area contributed by atoms with Gasteiger partial charge in [-0.05, 0) is 42.4 Å². The zero-order valence-electron chi connectivity index (χ0n) is 11.7. The fourth-order valence-electron chi connectivity index (χ4n) is 3.84. The number of nitrogens with two attached hydrogens (primary N) is 1. The lowest BCUT2D eigenvalue weighted by atomic mass is 9.75. The largest absolute Gasteiger partial charge is 0.366 e. The Balaban J connectivity index is 1.83. The first-order valence-corrected chi connectivity index (χ1v) is 7.62. The second kappa shape index (κ2) is 5.68. The van der Waals surface area contributed by atoms with Crippen LogP contribution in [-0.4, -0.2) is 13.1 Å². The molecule has 1 aromatic carbocycles. The molecule has 110 valence electrons. The maximum Gasteiger partial charge on any atom is 0.149 e. The molecule has 2 unspecified atom stereocenters. The lowest BCUT2D eigenvalue weighted by Crippen LogP contribution is -2.42. The van der Waals surface area contributed by atoms with E-state index in [2.05, 4.69) is 0 Å². The number of benzene rings is 1. The molecular formula is C16H22F2N2. The number of hydrogen-bond donors (Lipinski definition) is 1. The second-order valence-electron chi connectivity index (χ2n) is 6.15. The van der Waals surface area contributed by atoms with Crippen molar-refractivity contribution in [1.29, 1.82) is 0 Å². The van der Waals surface area contributed by atoms with Crippen LogP contribution < -0.4 is 10.6 Å². The van der Waals surface area contributed by atoms with Crippen LogP contribution in [0.15, 0.2) is 12.1 Å². The summed E-state index contributed by atoms with van der Waals surface area (Å²) in [5.74, 6) is 0.416. The third-order valence-electron chi connectivity index (χ3n) is 4.92. The monoisotopic (exact) mass is 280 g/mol. The molecule has 2 fully saturated rings. The molecule has 2 atom stereocenters. The van der Waals surface area contributed by atoms with Crippen molar-refractivity contribution in [1.82, 2.24) is 0 Å². The predicted molar refractivity (Wildman–Crippen MR) is 76.5 cm³/mol. The van der Waals surface area contributed by atoms with Gasteiger partial charge in [0.1, 0.15) is 17.3 Å². The smallest absolute Gasteiger partial charge is 0.149 e. The van der Waals surface area contributed by atoms with Crippen LogP contribution >= 0.6 is 0 Å². The zero-order valence-corrected chi connectivity index (χ0v) is 11.7. The summed E-state index contributed by atoms with van der Waals surface area (Å²) in [5, 5.41) is 0. The van der Waals surface area contributed by atoms with Gasteiger partial charge in [-0.2, -0.15) is 0 Å². The van der Waals surface area contributed by atoms with Gasteiger partial charge in [-0.25, -0.2) is 8.78 Å². The van der Waals surface area contributed by atoms with E-state index >= 15 is 0 Å². The molecule has 1 saturated carbocycles. The maximum atomic E-state index is 14.2. The van der Waals surface area contributed by atoms with Gasteiger partial charge in [0.05, 0.1) is 0 Å². The highest BCUT2D eigenvalue weighted by atomic mass is 19.1. The maximum absolute atomic E-state index is 14.2. The molecule has 0 aromatic heterocycles. The van der Waals surface area contributed by atoms with Crippen LogP contribution in [0.2, 0.25) is 0 Å². The van der Waals surface area contributed by atoms with Crippen molar-refractivity contribution in [3.8, 4) is 0 Å². The van der Waals surface area contributed by atoms with Gasteiger partial charge in [0.2, 0.25) is 0 Å². The molecular weight excluding hydrogens is 258 g/mol. The van der Waals surface area contributed by atoms with E-state index in [1.54, 1.807) is 0 Å². The normalized spacial score (nSPS) is 26.4. The zero-order chi connectivity index (χ0) is 14.1. The molecule has 2 aliphatic rings. The van der Waals surface area contributed by atoms with Crippen LogP contribution in [0, 0.1) is 23.5 Å². The van der Waals surface area contributed by atoms with Crippen molar-refractivity contribution in [3.05, 3.63) is 29.3 Å². The molecule has 0 amide bonds. The minimum atomic E-state index is -0.472. The van der Waals surface area contributed by atoms with Gasteiger partial charge in [0.25, 0.3) is 0 Å². The minimum absolute atomic E-state index is 0.145. The molecule has 0 spiro atoms. The number of halogens is 2. The van der Waals surface area contributed by atoms with E-state index in [0.717, 1.165) is 25.4 Å². The Morgan fingerprint density at radius 1 is 1.05 bits per heavy atom. The summed E-state index contributed by atoms with van der Waals surface area (Å²) in [7, 11) is 0. The Bertz CT molecular complexity index is 466. The molecule has 2 nitrogen and oxygen atoms in total. The molecule has 1 saturated heterocycles. The molecule has 0 bridgehead atoms.